The number of aliphatic hydroxyl groups excluding tert-OH is 1. The lowest BCUT2D eigenvalue weighted by Gasteiger charge is -2.10. The fourth-order valence-corrected chi connectivity index (χ4v) is 1.45. The van der Waals surface area contributed by atoms with E-state index >= 15 is 0 Å². The van der Waals surface area contributed by atoms with Gasteiger partial charge >= 0.3 is 5.97 Å². The summed E-state index contributed by atoms with van der Waals surface area (Å²) in [7, 11) is 0. The zero-order chi connectivity index (χ0) is 12.2. The predicted octanol–water partition coefficient (Wildman–Crippen LogP) is 2.20. The summed E-state index contributed by atoms with van der Waals surface area (Å²) in [6.45, 7) is 2.61. The first-order valence-electron chi connectivity index (χ1n) is 6.14. The lowest BCUT2D eigenvalue weighted by molar-refractivity contribution is -0.138. The van der Waals surface area contributed by atoms with Gasteiger partial charge in [-0.3, -0.25) is 4.79 Å². The fraction of sp³-hybridized carbons (Fsp3) is 0.917. The van der Waals surface area contributed by atoms with Gasteiger partial charge in [-0.05, 0) is 6.42 Å². The van der Waals surface area contributed by atoms with E-state index in [0.717, 1.165) is 19.3 Å². The lowest BCUT2D eigenvalue weighted by atomic mass is 10.1. The number of rotatable bonds is 11. The summed E-state index contributed by atoms with van der Waals surface area (Å²) >= 11 is 0. The van der Waals surface area contributed by atoms with Crippen LogP contribution in [0.25, 0.3) is 0 Å². The van der Waals surface area contributed by atoms with Crippen LogP contribution in [0.2, 0.25) is 0 Å². The van der Waals surface area contributed by atoms with Crippen molar-refractivity contribution < 1.29 is 19.7 Å². The fourth-order valence-electron chi connectivity index (χ4n) is 1.45. The van der Waals surface area contributed by atoms with Crippen LogP contribution in [0.4, 0.5) is 0 Å². The van der Waals surface area contributed by atoms with Crippen molar-refractivity contribution in [3.05, 3.63) is 0 Å². The van der Waals surface area contributed by atoms with Gasteiger partial charge in [0.25, 0.3) is 0 Å². The SMILES string of the molecule is CCCCCCCC(O)COCCC(=O)O. The van der Waals surface area contributed by atoms with Crippen LogP contribution in [-0.2, 0) is 9.53 Å². The van der Waals surface area contributed by atoms with Crippen LogP contribution in [0.15, 0.2) is 0 Å². The maximum Gasteiger partial charge on any atom is 0.305 e. The summed E-state index contributed by atoms with van der Waals surface area (Å²) < 4.78 is 5.05. The molecule has 0 aliphatic heterocycles. The number of aliphatic carboxylic acids is 1. The molecule has 0 aromatic heterocycles. The minimum atomic E-state index is -0.867. The topological polar surface area (TPSA) is 66.8 Å². The first-order chi connectivity index (χ1) is 7.66. The molecule has 0 radical (unpaired) electrons. The van der Waals surface area contributed by atoms with E-state index in [2.05, 4.69) is 6.92 Å². The third-order valence-electron chi connectivity index (χ3n) is 2.41. The van der Waals surface area contributed by atoms with Gasteiger partial charge in [0.1, 0.15) is 0 Å². The predicted molar refractivity (Wildman–Crippen MR) is 62.5 cm³/mol. The van der Waals surface area contributed by atoms with Crippen LogP contribution in [-0.4, -0.2) is 35.5 Å². The van der Waals surface area contributed by atoms with E-state index in [-0.39, 0.29) is 19.6 Å². The molecule has 0 fully saturated rings. The molecule has 0 bridgehead atoms. The van der Waals surface area contributed by atoms with Gasteiger partial charge in [0, 0.05) is 0 Å². The number of unbranched alkanes of at least 4 members (excludes halogenated alkanes) is 4. The van der Waals surface area contributed by atoms with E-state index in [1.54, 1.807) is 0 Å². The Morgan fingerprint density at radius 3 is 2.56 bits per heavy atom. The molecule has 0 saturated heterocycles. The second-order valence-corrected chi connectivity index (χ2v) is 4.08. The van der Waals surface area contributed by atoms with Crippen molar-refractivity contribution in [3.8, 4) is 0 Å². The maximum absolute atomic E-state index is 10.2. The normalized spacial score (nSPS) is 12.6. The Labute approximate surface area is 97.6 Å². The molecule has 4 nitrogen and oxygen atoms in total. The Hall–Kier alpha value is -0.610. The Kier molecular flexibility index (Phi) is 10.5. The summed E-state index contributed by atoms with van der Waals surface area (Å²) in [4.78, 5) is 10.2. The molecule has 0 heterocycles. The van der Waals surface area contributed by atoms with Gasteiger partial charge < -0.3 is 14.9 Å². The summed E-state index contributed by atoms with van der Waals surface area (Å²) in [6, 6.07) is 0. The zero-order valence-electron chi connectivity index (χ0n) is 10.2. The highest BCUT2D eigenvalue weighted by molar-refractivity contribution is 5.66. The molecular weight excluding hydrogens is 208 g/mol. The van der Waals surface area contributed by atoms with Gasteiger partial charge in [0.05, 0.1) is 25.7 Å². The molecule has 0 rings (SSSR count). The molecule has 96 valence electrons. The largest absolute Gasteiger partial charge is 0.481 e. The molecule has 1 unspecified atom stereocenters. The number of aliphatic hydroxyl groups is 1. The summed E-state index contributed by atoms with van der Waals surface area (Å²) in [6.07, 6.45) is 6.17. The van der Waals surface area contributed by atoms with Crippen molar-refractivity contribution in [1.29, 1.82) is 0 Å². The van der Waals surface area contributed by atoms with Crippen LogP contribution in [0.5, 0.6) is 0 Å². The first kappa shape index (κ1) is 15.4. The molecule has 0 spiro atoms. The quantitative estimate of drug-likeness (QED) is 0.536. The van der Waals surface area contributed by atoms with Gasteiger partial charge in [-0.2, -0.15) is 0 Å². The number of hydrogen-bond acceptors (Lipinski definition) is 3. The highest BCUT2D eigenvalue weighted by Gasteiger charge is 2.04. The van der Waals surface area contributed by atoms with E-state index in [9.17, 15) is 9.90 Å². The Morgan fingerprint density at radius 1 is 1.25 bits per heavy atom. The zero-order valence-corrected chi connectivity index (χ0v) is 10.2. The Balaban J connectivity index is 3.18. The smallest absolute Gasteiger partial charge is 0.305 e. The molecule has 0 aromatic rings. The maximum atomic E-state index is 10.2. The van der Waals surface area contributed by atoms with E-state index in [1.807, 2.05) is 0 Å². The first-order valence-corrected chi connectivity index (χ1v) is 6.14. The average Bonchev–Trinajstić information content (AvgIpc) is 2.24. The van der Waals surface area contributed by atoms with Gasteiger partial charge in [-0.15, -0.1) is 0 Å². The summed E-state index contributed by atoms with van der Waals surface area (Å²) in [5, 5.41) is 17.9. The number of carboxylic acid groups (broad SMARTS) is 1. The number of hydrogen-bond donors (Lipinski definition) is 2. The average molecular weight is 232 g/mol. The van der Waals surface area contributed by atoms with Crippen LogP contribution in [0.3, 0.4) is 0 Å². The molecule has 0 aliphatic rings. The van der Waals surface area contributed by atoms with Crippen LogP contribution >= 0.6 is 0 Å². The van der Waals surface area contributed by atoms with Crippen molar-refractivity contribution in [1.82, 2.24) is 0 Å². The third-order valence-corrected chi connectivity index (χ3v) is 2.41. The van der Waals surface area contributed by atoms with E-state index in [4.69, 9.17) is 9.84 Å². The van der Waals surface area contributed by atoms with Gasteiger partial charge in [-0.25, -0.2) is 0 Å². The van der Waals surface area contributed by atoms with Gasteiger partial charge in [0.2, 0.25) is 0 Å². The van der Waals surface area contributed by atoms with Crippen molar-refractivity contribution in [2.75, 3.05) is 13.2 Å². The van der Waals surface area contributed by atoms with Gasteiger partial charge in [-0.1, -0.05) is 39.0 Å². The minimum absolute atomic E-state index is 0.00319. The van der Waals surface area contributed by atoms with E-state index in [1.165, 1.54) is 19.3 Å². The minimum Gasteiger partial charge on any atom is -0.481 e. The Morgan fingerprint density at radius 2 is 1.94 bits per heavy atom. The monoisotopic (exact) mass is 232 g/mol. The highest BCUT2D eigenvalue weighted by atomic mass is 16.5. The second-order valence-electron chi connectivity index (χ2n) is 4.08. The van der Waals surface area contributed by atoms with Crippen LogP contribution in [0, 0.1) is 0 Å². The highest BCUT2D eigenvalue weighted by Crippen LogP contribution is 2.07. The standard InChI is InChI=1S/C12H24O4/c1-2-3-4-5-6-7-11(13)10-16-9-8-12(14)15/h11,13H,2-10H2,1H3,(H,14,15). The van der Waals surface area contributed by atoms with Crippen LogP contribution < -0.4 is 0 Å². The van der Waals surface area contributed by atoms with Crippen molar-refractivity contribution >= 4 is 5.97 Å². The molecule has 2 N–H and O–H groups in total. The third kappa shape index (κ3) is 11.5. The molecule has 4 heteroatoms. The second kappa shape index (κ2) is 10.9. The molecule has 0 aliphatic carbocycles. The summed E-state index contributed by atoms with van der Waals surface area (Å²) in [5.41, 5.74) is 0. The van der Waals surface area contributed by atoms with Crippen molar-refractivity contribution in [2.45, 2.75) is 58.0 Å². The van der Waals surface area contributed by atoms with E-state index in [0.29, 0.717) is 0 Å². The molecule has 0 amide bonds. The lowest BCUT2D eigenvalue weighted by Crippen LogP contribution is -2.16. The molecule has 0 saturated carbocycles. The van der Waals surface area contributed by atoms with Crippen LogP contribution in [0.1, 0.15) is 51.9 Å². The molecular formula is C12H24O4. The van der Waals surface area contributed by atoms with Gasteiger partial charge in [0.15, 0.2) is 0 Å². The van der Waals surface area contributed by atoms with Crippen molar-refractivity contribution in [3.63, 3.8) is 0 Å². The van der Waals surface area contributed by atoms with E-state index < -0.39 is 12.1 Å². The van der Waals surface area contributed by atoms with Crippen molar-refractivity contribution in [2.24, 2.45) is 0 Å². The number of carboxylic acids is 1. The number of ether oxygens (including phenoxy) is 1. The number of carbonyl (C=O) groups is 1. The molecule has 1 atom stereocenters. The molecule has 0 aromatic carbocycles. The summed E-state index contributed by atoms with van der Waals surface area (Å²) in [5.74, 6) is -0.867. The Bertz CT molecular complexity index is 170. The molecule has 16 heavy (non-hydrogen) atoms.